The number of benzene rings is 1. The number of phenolic OH excluding ortho intramolecular Hbond substituents is 1. The van der Waals surface area contributed by atoms with Crippen LogP contribution in [0.2, 0.25) is 0 Å². The molecular formula is C10H14N2O. The molecule has 3 nitrogen and oxygen atoms in total. The van der Waals surface area contributed by atoms with Gasteiger partial charge >= 0.3 is 0 Å². The lowest BCUT2D eigenvalue weighted by Gasteiger charge is -1.99. The van der Waals surface area contributed by atoms with Crippen molar-refractivity contribution in [3.63, 3.8) is 0 Å². The second kappa shape index (κ2) is 4.52. The van der Waals surface area contributed by atoms with Crippen LogP contribution in [0.3, 0.4) is 0 Å². The number of anilines is 1. The van der Waals surface area contributed by atoms with Crippen LogP contribution in [0.15, 0.2) is 24.3 Å². The molecule has 0 aliphatic heterocycles. The lowest BCUT2D eigenvalue weighted by atomic mass is 10.1. The summed E-state index contributed by atoms with van der Waals surface area (Å²) in [5, 5.41) is 9.15. The molecule has 0 aromatic heterocycles. The summed E-state index contributed by atoms with van der Waals surface area (Å²) < 4.78 is 0. The molecule has 0 saturated carbocycles. The summed E-state index contributed by atoms with van der Waals surface area (Å²) in [4.78, 5) is 0. The average molecular weight is 178 g/mol. The first-order valence-electron chi connectivity index (χ1n) is 4.19. The number of nitrogen functional groups attached to an aromatic ring is 1. The monoisotopic (exact) mass is 178 g/mol. The van der Waals surface area contributed by atoms with Crippen molar-refractivity contribution in [3.8, 4) is 5.75 Å². The summed E-state index contributed by atoms with van der Waals surface area (Å²) in [5.41, 5.74) is 12.2. The van der Waals surface area contributed by atoms with Crippen LogP contribution in [-0.4, -0.2) is 11.7 Å². The highest BCUT2D eigenvalue weighted by atomic mass is 16.3. The van der Waals surface area contributed by atoms with E-state index >= 15 is 0 Å². The highest BCUT2D eigenvalue weighted by Crippen LogP contribution is 2.20. The second-order valence-corrected chi connectivity index (χ2v) is 2.80. The van der Waals surface area contributed by atoms with E-state index in [0.29, 0.717) is 12.2 Å². The van der Waals surface area contributed by atoms with E-state index in [0.717, 1.165) is 12.0 Å². The van der Waals surface area contributed by atoms with Crippen LogP contribution in [0.1, 0.15) is 12.0 Å². The minimum atomic E-state index is 0.121. The molecule has 70 valence electrons. The lowest BCUT2D eigenvalue weighted by Crippen LogP contribution is -1.95. The molecule has 1 rings (SSSR count). The van der Waals surface area contributed by atoms with Gasteiger partial charge in [-0.2, -0.15) is 0 Å². The highest BCUT2D eigenvalue weighted by Gasteiger charge is 1.94. The average Bonchev–Trinajstić information content (AvgIpc) is 2.12. The standard InChI is InChI=1S/C10H14N2O/c11-6-2-1-3-8-4-5-10(13)9(12)7-8/h1,3-5,7,13H,2,6,11-12H2. The summed E-state index contributed by atoms with van der Waals surface area (Å²) in [5.74, 6) is 0.121. The molecule has 0 atom stereocenters. The molecular weight excluding hydrogens is 164 g/mol. The van der Waals surface area contributed by atoms with Crippen molar-refractivity contribution < 1.29 is 5.11 Å². The molecule has 1 aromatic carbocycles. The molecule has 3 heteroatoms. The van der Waals surface area contributed by atoms with Crippen molar-refractivity contribution in [2.75, 3.05) is 12.3 Å². The van der Waals surface area contributed by atoms with Crippen LogP contribution in [0.4, 0.5) is 5.69 Å². The molecule has 0 saturated heterocycles. The molecule has 13 heavy (non-hydrogen) atoms. The van der Waals surface area contributed by atoms with E-state index < -0.39 is 0 Å². The van der Waals surface area contributed by atoms with Gasteiger partial charge in [0.1, 0.15) is 5.75 Å². The molecule has 5 N–H and O–H groups in total. The number of rotatable bonds is 3. The summed E-state index contributed by atoms with van der Waals surface area (Å²) >= 11 is 0. The predicted molar refractivity (Wildman–Crippen MR) is 55.2 cm³/mol. The predicted octanol–water partition coefficient (Wildman–Crippen LogP) is 1.34. The van der Waals surface area contributed by atoms with Gasteiger partial charge in [0.05, 0.1) is 5.69 Å². The van der Waals surface area contributed by atoms with Gasteiger partial charge in [0.2, 0.25) is 0 Å². The van der Waals surface area contributed by atoms with E-state index in [-0.39, 0.29) is 5.75 Å². The molecule has 0 radical (unpaired) electrons. The molecule has 0 amide bonds. The lowest BCUT2D eigenvalue weighted by molar-refractivity contribution is 0.478. The topological polar surface area (TPSA) is 72.3 Å². The number of nitrogens with two attached hydrogens (primary N) is 2. The Morgan fingerprint density at radius 2 is 2.15 bits per heavy atom. The molecule has 1 aromatic rings. The number of aromatic hydroxyl groups is 1. The third-order valence-electron chi connectivity index (χ3n) is 1.70. The largest absolute Gasteiger partial charge is 0.506 e. The zero-order valence-electron chi connectivity index (χ0n) is 7.40. The number of hydrogen-bond acceptors (Lipinski definition) is 3. The van der Waals surface area contributed by atoms with Crippen LogP contribution < -0.4 is 11.5 Å². The summed E-state index contributed by atoms with van der Waals surface area (Å²) in [6, 6.07) is 5.11. The van der Waals surface area contributed by atoms with Crippen molar-refractivity contribution in [1.29, 1.82) is 0 Å². The van der Waals surface area contributed by atoms with E-state index in [4.69, 9.17) is 16.6 Å². The van der Waals surface area contributed by atoms with Gasteiger partial charge in [-0.15, -0.1) is 0 Å². The van der Waals surface area contributed by atoms with Crippen LogP contribution in [-0.2, 0) is 0 Å². The molecule has 0 aliphatic rings. The smallest absolute Gasteiger partial charge is 0.138 e. The Balaban J connectivity index is 2.73. The summed E-state index contributed by atoms with van der Waals surface area (Å²) in [6.07, 6.45) is 4.76. The van der Waals surface area contributed by atoms with Gasteiger partial charge in [0, 0.05) is 0 Å². The first kappa shape index (κ1) is 9.61. The van der Waals surface area contributed by atoms with Crippen molar-refractivity contribution in [2.24, 2.45) is 5.73 Å². The normalized spacial score (nSPS) is 10.8. The molecule has 0 spiro atoms. The second-order valence-electron chi connectivity index (χ2n) is 2.80. The van der Waals surface area contributed by atoms with E-state index in [1.54, 1.807) is 18.2 Å². The zero-order chi connectivity index (χ0) is 9.68. The maximum Gasteiger partial charge on any atom is 0.138 e. The Bertz CT molecular complexity index is 308. The minimum absolute atomic E-state index is 0.121. The molecule has 0 heterocycles. The third kappa shape index (κ3) is 2.80. The van der Waals surface area contributed by atoms with E-state index in [1.807, 2.05) is 12.2 Å². The van der Waals surface area contributed by atoms with Crippen molar-refractivity contribution in [3.05, 3.63) is 29.8 Å². The van der Waals surface area contributed by atoms with E-state index in [9.17, 15) is 0 Å². The zero-order valence-corrected chi connectivity index (χ0v) is 7.40. The molecule has 0 bridgehead atoms. The quantitative estimate of drug-likeness (QED) is 0.483. The van der Waals surface area contributed by atoms with Gasteiger partial charge in [0.15, 0.2) is 0 Å². The van der Waals surface area contributed by atoms with Gasteiger partial charge in [-0.25, -0.2) is 0 Å². The molecule has 0 aliphatic carbocycles. The van der Waals surface area contributed by atoms with Gasteiger partial charge in [-0.3, -0.25) is 0 Å². The van der Waals surface area contributed by atoms with E-state index in [1.165, 1.54) is 0 Å². The summed E-state index contributed by atoms with van der Waals surface area (Å²) in [6.45, 7) is 0.643. The maximum atomic E-state index is 9.15. The third-order valence-corrected chi connectivity index (χ3v) is 1.70. The number of hydrogen-bond donors (Lipinski definition) is 3. The van der Waals surface area contributed by atoms with Crippen molar-refractivity contribution in [1.82, 2.24) is 0 Å². The van der Waals surface area contributed by atoms with Gasteiger partial charge in [0.25, 0.3) is 0 Å². The first-order chi connectivity index (χ1) is 6.24. The van der Waals surface area contributed by atoms with Crippen LogP contribution in [0.25, 0.3) is 6.08 Å². The van der Waals surface area contributed by atoms with Crippen LogP contribution >= 0.6 is 0 Å². The van der Waals surface area contributed by atoms with Gasteiger partial charge < -0.3 is 16.6 Å². The highest BCUT2D eigenvalue weighted by molar-refractivity contribution is 5.61. The fourth-order valence-electron chi connectivity index (χ4n) is 0.992. The maximum absolute atomic E-state index is 9.15. The Morgan fingerprint density at radius 3 is 2.77 bits per heavy atom. The Hall–Kier alpha value is -1.48. The Kier molecular flexibility index (Phi) is 3.34. The van der Waals surface area contributed by atoms with Crippen molar-refractivity contribution in [2.45, 2.75) is 6.42 Å². The SMILES string of the molecule is NCCC=Cc1ccc(O)c(N)c1. The van der Waals surface area contributed by atoms with Gasteiger partial charge in [-0.1, -0.05) is 18.2 Å². The Morgan fingerprint density at radius 1 is 1.38 bits per heavy atom. The fraction of sp³-hybridized carbons (Fsp3) is 0.200. The summed E-state index contributed by atoms with van der Waals surface area (Å²) in [7, 11) is 0. The fourth-order valence-corrected chi connectivity index (χ4v) is 0.992. The minimum Gasteiger partial charge on any atom is -0.506 e. The first-order valence-corrected chi connectivity index (χ1v) is 4.19. The van der Waals surface area contributed by atoms with Crippen molar-refractivity contribution >= 4 is 11.8 Å². The Labute approximate surface area is 77.7 Å². The van der Waals surface area contributed by atoms with Crippen LogP contribution in [0, 0.1) is 0 Å². The number of phenols is 1. The molecule has 0 fully saturated rings. The van der Waals surface area contributed by atoms with Gasteiger partial charge in [-0.05, 0) is 30.7 Å². The molecule has 0 unspecified atom stereocenters. The van der Waals surface area contributed by atoms with Crippen LogP contribution in [0.5, 0.6) is 5.75 Å². The van der Waals surface area contributed by atoms with E-state index in [2.05, 4.69) is 0 Å².